The molecule has 1 aliphatic carbocycles. The minimum absolute atomic E-state index is 0.0786. The van der Waals surface area contributed by atoms with Crippen LogP contribution in [0.25, 0.3) is 0 Å². The standard InChI is InChI=1S/C17H17NO4S/c1-21-15(19)10-22-13-6-4-12(5-7-13)18-17(20)16-14(8-9-23-16)11-2-3-11/h4-9,11H,2-3,10H2,1H3,(H,18,20). The van der Waals surface area contributed by atoms with E-state index < -0.39 is 5.97 Å². The highest BCUT2D eigenvalue weighted by Gasteiger charge is 2.28. The fraction of sp³-hybridized carbons (Fsp3) is 0.294. The minimum atomic E-state index is -0.437. The average molecular weight is 331 g/mol. The molecule has 1 fully saturated rings. The third-order valence-corrected chi connectivity index (χ3v) is 4.54. The second-order valence-corrected chi connectivity index (χ2v) is 6.24. The van der Waals surface area contributed by atoms with Crippen molar-refractivity contribution >= 4 is 28.9 Å². The number of carbonyl (C=O) groups is 2. The van der Waals surface area contributed by atoms with Gasteiger partial charge in [0.15, 0.2) is 6.61 Å². The largest absolute Gasteiger partial charge is 0.482 e. The van der Waals surface area contributed by atoms with Crippen molar-refractivity contribution < 1.29 is 19.1 Å². The summed E-state index contributed by atoms with van der Waals surface area (Å²) < 4.78 is 9.77. The Balaban J connectivity index is 1.60. The topological polar surface area (TPSA) is 64.6 Å². The van der Waals surface area contributed by atoms with Gasteiger partial charge in [0.2, 0.25) is 0 Å². The number of carbonyl (C=O) groups excluding carboxylic acids is 2. The summed E-state index contributed by atoms with van der Waals surface area (Å²) in [6, 6.07) is 8.94. The van der Waals surface area contributed by atoms with Crippen LogP contribution in [0, 0.1) is 0 Å². The van der Waals surface area contributed by atoms with Gasteiger partial charge >= 0.3 is 5.97 Å². The molecule has 1 saturated carbocycles. The highest BCUT2D eigenvalue weighted by atomic mass is 32.1. The van der Waals surface area contributed by atoms with Crippen molar-refractivity contribution in [2.45, 2.75) is 18.8 Å². The third kappa shape index (κ3) is 3.90. The number of nitrogens with one attached hydrogen (secondary N) is 1. The van der Waals surface area contributed by atoms with Crippen LogP contribution >= 0.6 is 11.3 Å². The predicted octanol–water partition coefficient (Wildman–Crippen LogP) is 3.43. The monoisotopic (exact) mass is 331 g/mol. The number of thiophene rings is 1. The first-order valence-corrected chi connectivity index (χ1v) is 8.24. The molecule has 0 aliphatic heterocycles. The van der Waals surface area contributed by atoms with E-state index in [1.807, 2.05) is 11.4 Å². The van der Waals surface area contributed by atoms with Crippen molar-refractivity contribution in [3.05, 3.63) is 46.2 Å². The summed E-state index contributed by atoms with van der Waals surface area (Å²) in [5.74, 6) is 0.581. The van der Waals surface area contributed by atoms with Gasteiger partial charge in [0.1, 0.15) is 5.75 Å². The van der Waals surface area contributed by atoms with Gasteiger partial charge in [-0.05, 0) is 60.0 Å². The molecule has 2 aromatic rings. The molecular formula is C17H17NO4S. The molecular weight excluding hydrogens is 314 g/mol. The van der Waals surface area contributed by atoms with Crippen LogP contribution in [0.2, 0.25) is 0 Å². The number of esters is 1. The van der Waals surface area contributed by atoms with Crippen LogP contribution in [0.15, 0.2) is 35.7 Å². The second kappa shape index (κ2) is 6.83. The molecule has 0 spiro atoms. The molecule has 23 heavy (non-hydrogen) atoms. The number of benzene rings is 1. The molecule has 5 nitrogen and oxygen atoms in total. The number of methoxy groups -OCH3 is 1. The lowest BCUT2D eigenvalue weighted by molar-refractivity contribution is -0.142. The number of ether oxygens (including phenoxy) is 2. The highest BCUT2D eigenvalue weighted by molar-refractivity contribution is 7.12. The first kappa shape index (κ1) is 15.6. The van der Waals surface area contributed by atoms with E-state index in [1.54, 1.807) is 24.3 Å². The molecule has 1 aromatic carbocycles. The first-order chi connectivity index (χ1) is 11.2. The summed E-state index contributed by atoms with van der Waals surface area (Å²) in [6.45, 7) is -0.137. The van der Waals surface area contributed by atoms with Crippen LogP contribution in [-0.2, 0) is 9.53 Å². The smallest absolute Gasteiger partial charge is 0.343 e. The molecule has 0 atom stereocenters. The van der Waals surface area contributed by atoms with Gasteiger partial charge in [0.05, 0.1) is 12.0 Å². The normalized spacial score (nSPS) is 13.4. The Labute approximate surface area is 138 Å². The Hall–Kier alpha value is -2.34. The molecule has 1 aromatic heterocycles. The van der Waals surface area contributed by atoms with Crippen molar-refractivity contribution in [1.29, 1.82) is 0 Å². The summed E-state index contributed by atoms with van der Waals surface area (Å²) in [4.78, 5) is 24.2. The van der Waals surface area contributed by atoms with Crippen molar-refractivity contribution in [1.82, 2.24) is 0 Å². The van der Waals surface area contributed by atoms with Gasteiger partial charge in [-0.25, -0.2) is 4.79 Å². The Morgan fingerprint density at radius 2 is 1.96 bits per heavy atom. The SMILES string of the molecule is COC(=O)COc1ccc(NC(=O)c2sccc2C2CC2)cc1. The molecule has 0 bridgehead atoms. The van der Waals surface area contributed by atoms with E-state index in [-0.39, 0.29) is 12.5 Å². The average Bonchev–Trinajstić information content (AvgIpc) is 3.30. The summed E-state index contributed by atoms with van der Waals surface area (Å²) in [5.41, 5.74) is 1.85. The maximum atomic E-state index is 12.4. The summed E-state index contributed by atoms with van der Waals surface area (Å²) in [7, 11) is 1.31. The van der Waals surface area contributed by atoms with E-state index in [2.05, 4.69) is 10.1 Å². The number of rotatable bonds is 6. The van der Waals surface area contributed by atoms with E-state index in [4.69, 9.17) is 4.74 Å². The van der Waals surface area contributed by atoms with Crippen LogP contribution in [0.1, 0.15) is 34.0 Å². The molecule has 1 aliphatic rings. The zero-order valence-electron chi connectivity index (χ0n) is 12.7. The molecule has 1 N–H and O–H groups in total. The van der Waals surface area contributed by atoms with Gasteiger partial charge in [-0.3, -0.25) is 4.79 Å². The van der Waals surface area contributed by atoms with E-state index >= 15 is 0 Å². The summed E-state index contributed by atoms with van der Waals surface area (Å²) >= 11 is 1.47. The first-order valence-electron chi connectivity index (χ1n) is 7.36. The lowest BCUT2D eigenvalue weighted by Crippen LogP contribution is -2.13. The maximum absolute atomic E-state index is 12.4. The molecule has 1 amide bonds. The number of anilines is 1. The Kier molecular flexibility index (Phi) is 4.62. The number of amides is 1. The van der Waals surface area contributed by atoms with Gasteiger partial charge in [0, 0.05) is 5.69 Å². The van der Waals surface area contributed by atoms with E-state index in [1.165, 1.54) is 31.3 Å². The predicted molar refractivity (Wildman–Crippen MR) is 88.2 cm³/mol. The molecule has 0 radical (unpaired) electrons. The number of hydrogen-bond donors (Lipinski definition) is 1. The quantitative estimate of drug-likeness (QED) is 0.824. The van der Waals surface area contributed by atoms with Crippen LogP contribution in [0.4, 0.5) is 5.69 Å². The third-order valence-electron chi connectivity index (χ3n) is 3.62. The summed E-state index contributed by atoms with van der Waals surface area (Å²) in [6.07, 6.45) is 2.34. The van der Waals surface area contributed by atoms with Gasteiger partial charge in [-0.2, -0.15) is 0 Å². The number of hydrogen-bond acceptors (Lipinski definition) is 5. The molecule has 6 heteroatoms. The Bertz CT molecular complexity index is 704. The molecule has 0 saturated heterocycles. The zero-order chi connectivity index (χ0) is 16.2. The fourth-order valence-electron chi connectivity index (χ4n) is 2.24. The molecule has 120 valence electrons. The van der Waals surface area contributed by atoms with Crippen molar-refractivity contribution in [3.63, 3.8) is 0 Å². The Morgan fingerprint density at radius 1 is 1.22 bits per heavy atom. The molecule has 0 unspecified atom stereocenters. The van der Waals surface area contributed by atoms with Crippen LogP contribution in [0.3, 0.4) is 0 Å². The molecule has 3 rings (SSSR count). The maximum Gasteiger partial charge on any atom is 0.343 e. The lowest BCUT2D eigenvalue weighted by Gasteiger charge is -2.08. The van der Waals surface area contributed by atoms with Gasteiger partial charge in [-0.1, -0.05) is 0 Å². The van der Waals surface area contributed by atoms with E-state index in [0.29, 0.717) is 17.4 Å². The lowest BCUT2D eigenvalue weighted by atomic mass is 10.1. The van der Waals surface area contributed by atoms with Crippen molar-refractivity contribution in [3.8, 4) is 5.75 Å². The minimum Gasteiger partial charge on any atom is -0.482 e. The Morgan fingerprint density at radius 3 is 2.61 bits per heavy atom. The van der Waals surface area contributed by atoms with Crippen molar-refractivity contribution in [2.24, 2.45) is 0 Å². The van der Waals surface area contributed by atoms with Gasteiger partial charge in [0.25, 0.3) is 5.91 Å². The highest BCUT2D eigenvalue weighted by Crippen LogP contribution is 2.43. The van der Waals surface area contributed by atoms with Crippen LogP contribution < -0.4 is 10.1 Å². The van der Waals surface area contributed by atoms with Crippen molar-refractivity contribution in [2.75, 3.05) is 19.0 Å². The van der Waals surface area contributed by atoms with Crippen LogP contribution in [0.5, 0.6) is 5.75 Å². The zero-order valence-corrected chi connectivity index (χ0v) is 13.5. The van der Waals surface area contributed by atoms with Gasteiger partial charge < -0.3 is 14.8 Å². The van der Waals surface area contributed by atoms with Crippen LogP contribution in [-0.4, -0.2) is 25.6 Å². The molecule has 1 heterocycles. The second-order valence-electron chi connectivity index (χ2n) is 5.32. The summed E-state index contributed by atoms with van der Waals surface area (Å²) in [5, 5.41) is 4.86. The van der Waals surface area contributed by atoms with E-state index in [0.717, 1.165) is 10.4 Å². The fourth-order valence-corrected chi connectivity index (χ4v) is 3.12. The van der Waals surface area contributed by atoms with Gasteiger partial charge in [-0.15, -0.1) is 11.3 Å². The van der Waals surface area contributed by atoms with E-state index in [9.17, 15) is 9.59 Å².